The largest absolute Gasteiger partial charge is 0.388 e. The molecule has 4 atom stereocenters. The molecule has 0 unspecified atom stereocenters. The summed E-state index contributed by atoms with van der Waals surface area (Å²) in [5.74, 6) is -1.93. The minimum absolute atomic E-state index is 0.0546. The van der Waals surface area contributed by atoms with Gasteiger partial charge in [-0.05, 0) is 68.3 Å². The number of carbonyl (C=O) groups is 1. The highest BCUT2D eigenvalue weighted by Crippen LogP contribution is 2.31. The summed E-state index contributed by atoms with van der Waals surface area (Å²) in [5.41, 5.74) is 3.92. The second kappa shape index (κ2) is 12.9. The van der Waals surface area contributed by atoms with Gasteiger partial charge in [-0.3, -0.25) is 0 Å². The molecule has 0 radical (unpaired) electrons. The van der Waals surface area contributed by atoms with Crippen molar-refractivity contribution >= 4 is 33.3 Å². The highest BCUT2D eigenvalue weighted by molar-refractivity contribution is 7.21. The van der Waals surface area contributed by atoms with Gasteiger partial charge in [0.2, 0.25) is 5.79 Å². The van der Waals surface area contributed by atoms with E-state index in [9.17, 15) is 25.2 Å². The molecule has 0 saturated carbocycles. The number of thiazole rings is 1. The first-order valence-corrected chi connectivity index (χ1v) is 13.7. The molecule has 0 spiro atoms. The lowest BCUT2D eigenvalue weighted by Crippen LogP contribution is -2.64. The summed E-state index contributed by atoms with van der Waals surface area (Å²) in [5, 5.41) is 49.1. The van der Waals surface area contributed by atoms with Gasteiger partial charge in [0.25, 0.3) is 0 Å². The number of carbonyl (C=O) groups excluding carboxylic acids is 1. The van der Waals surface area contributed by atoms with E-state index in [0.29, 0.717) is 18.8 Å². The minimum atomic E-state index is -1.93. The van der Waals surface area contributed by atoms with Crippen molar-refractivity contribution in [3.05, 3.63) is 48.0 Å². The summed E-state index contributed by atoms with van der Waals surface area (Å²) in [4.78, 5) is 16.9. The smallest absolute Gasteiger partial charge is 0.319 e. The first kappa shape index (κ1) is 28.4. The van der Waals surface area contributed by atoms with Gasteiger partial charge < -0.3 is 41.1 Å². The van der Waals surface area contributed by atoms with Gasteiger partial charge in [0.1, 0.15) is 23.3 Å². The number of anilines is 1. The number of nitrogens with zero attached hydrogens (tertiary/aromatic N) is 1. The predicted octanol–water partition coefficient (Wildman–Crippen LogP) is 2.34. The highest BCUT2D eigenvalue weighted by atomic mass is 32.1. The fourth-order valence-corrected chi connectivity index (χ4v) is 5.34. The number of aryl methyl sites for hydroxylation is 1. The molecule has 1 aliphatic heterocycles. The topological polar surface area (TPSA) is 156 Å². The number of hydrogen-bond donors (Lipinski definition) is 7. The minimum Gasteiger partial charge on any atom is -0.388 e. The first-order valence-electron chi connectivity index (χ1n) is 12.9. The van der Waals surface area contributed by atoms with Crippen molar-refractivity contribution in [2.75, 3.05) is 31.6 Å². The van der Waals surface area contributed by atoms with Gasteiger partial charge in [-0.25, -0.2) is 9.78 Å². The molecule has 1 aromatic heterocycles. The number of urea groups is 1. The molecule has 2 heterocycles. The highest BCUT2D eigenvalue weighted by Gasteiger charge is 2.48. The van der Waals surface area contributed by atoms with Gasteiger partial charge in [0.05, 0.1) is 23.4 Å². The number of fused-ring (bicyclic) bond motifs is 1. The van der Waals surface area contributed by atoms with Crippen LogP contribution in [0.1, 0.15) is 31.2 Å². The number of aliphatic hydroxyl groups is 4. The quantitative estimate of drug-likeness (QED) is 0.181. The molecule has 11 heteroatoms. The van der Waals surface area contributed by atoms with Crippen LogP contribution < -0.4 is 16.0 Å². The van der Waals surface area contributed by atoms with Gasteiger partial charge in [0, 0.05) is 17.8 Å². The van der Waals surface area contributed by atoms with E-state index in [-0.39, 0.29) is 19.2 Å². The zero-order valence-electron chi connectivity index (χ0n) is 21.4. The molecule has 38 heavy (non-hydrogen) atoms. The molecule has 1 saturated heterocycles. The second-order valence-electron chi connectivity index (χ2n) is 9.70. The molecule has 2 amide bonds. The number of benzene rings is 2. The lowest BCUT2D eigenvalue weighted by Gasteiger charge is -2.41. The summed E-state index contributed by atoms with van der Waals surface area (Å²) in [7, 11) is 0. The van der Waals surface area contributed by atoms with Crippen LogP contribution in [-0.4, -0.2) is 81.8 Å². The molecule has 1 fully saturated rings. The Labute approximate surface area is 225 Å². The molecule has 0 bridgehead atoms. The number of unbranched alkanes of at least 4 members (excludes halogenated alkanes) is 3. The zero-order chi connectivity index (χ0) is 27.1. The first-order chi connectivity index (χ1) is 18.2. The van der Waals surface area contributed by atoms with Crippen molar-refractivity contribution in [2.24, 2.45) is 0 Å². The number of hydrogen-bond acceptors (Lipinski definition) is 9. The van der Waals surface area contributed by atoms with Crippen molar-refractivity contribution < 1.29 is 30.0 Å². The Morgan fingerprint density at radius 2 is 1.82 bits per heavy atom. The molecule has 3 aromatic rings. The normalized spacial score (nSPS) is 23.4. The van der Waals surface area contributed by atoms with Gasteiger partial charge in [-0.15, -0.1) is 11.3 Å². The van der Waals surface area contributed by atoms with E-state index in [2.05, 4.69) is 35.0 Å². The van der Waals surface area contributed by atoms with Crippen LogP contribution in [0.15, 0.2) is 42.5 Å². The van der Waals surface area contributed by atoms with Crippen LogP contribution in [0.2, 0.25) is 0 Å². The van der Waals surface area contributed by atoms with Gasteiger partial charge in [-0.1, -0.05) is 18.9 Å². The van der Waals surface area contributed by atoms with Crippen molar-refractivity contribution in [1.82, 2.24) is 15.6 Å². The molecular weight excluding hydrogens is 508 g/mol. The van der Waals surface area contributed by atoms with Crippen molar-refractivity contribution in [3.8, 4) is 10.6 Å². The van der Waals surface area contributed by atoms with Gasteiger partial charge >= 0.3 is 6.03 Å². The summed E-state index contributed by atoms with van der Waals surface area (Å²) >= 11 is 1.65. The van der Waals surface area contributed by atoms with Crippen LogP contribution in [0.25, 0.3) is 20.8 Å². The van der Waals surface area contributed by atoms with E-state index in [1.165, 1.54) is 5.56 Å². The Hall–Kier alpha value is -2.64. The summed E-state index contributed by atoms with van der Waals surface area (Å²) in [6.45, 7) is 2.92. The SMILES string of the molecule is Cc1ccc2nc(-c3ccc(NC(=O)NCCCCCCNC[C@@]4(O)OC[C@@H](O)[C@@H](O)[C@@H]4O)cc3)sc2c1. The summed E-state index contributed by atoms with van der Waals surface area (Å²) in [6, 6.07) is 13.6. The molecule has 10 nitrogen and oxygen atoms in total. The lowest BCUT2D eigenvalue weighted by molar-refractivity contribution is -0.317. The van der Waals surface area contributed by atoms with Gasteiger partial charge in [-0.2, -0.15) is 0 Å². The fourth-order valence-electron chi connectivity index (χ4n) is 4.27. The van der Waals surface area contributed by atoms with Gasteiger partial charge in [0.15, 0.2) is 0 Å². The Balaban J connectivity index is 1.08. The molecule has 4 rings (SSSR count). The third-order valence-corrected chi connectivity index (χ3v) is 7.63. The maximum atomic E-state index is 12.2. The number of aliphatic hydroxyl groups excluding tert-OH is 3. The molecular formula is C27H36N4O6S. The van der Waals surface area contributed by atoms with E-state index >= 15 is 0 Å². The van der Waals surface area contributed by atoms with Crippen LogP contribution in [0, 0.1) is 6.92 Å². The average Bonchev–Trinajstić information content (AvgIpc) is 3.32. The molecule has 2 aromatic carbocycles. The van der Waals surface area contributed by atoms with Crippen LogP contribution in [0.3, 0.4) is 0 Å². The lowest BCUT2D eigenvalue weighted by atomic mass is 9.97. The summed E-state index contributed by atoms with van der Waals surface area (Å²) in [6.07, 6.45) is -0.742. The number of ether oxygens (including phenoxy) is 1. The van der Waals surface area contributed by atoms with E-state index in [0.717, 1.165) is 46.5 Å². The standard InChI is InChI=1S/C27H36N4O6S/c1-17-6-11-20-22(14-17)38-25(31-20)18-7-9-19(10-8-18)30-26(35)29-13-5-3-2-4-12-28-16-27(36)24(34)23(33)21(32)15-37-27/h6-11,14,21,23-24,28,32-34,36H,2-5,12-13,15-16H2,1H3,(H2,29,30,35)/t21-,23-,24+,27-/m1/s1. The predicted molar refractivity (Wildman–Crippen MR) is 147 cm³/mol. The number of amides is 2. The molecule has 0 aliphatic carbocycles. The average molecular weight is 545 g/mol. The molecule has 1 aliphatic rings. The molecule has 206 valence electrons. The maximum absolute atomic E-state index is 12.2. The van der Waals surface area contributed by atoms with Crippen LogP contribution in [0.4, 0.5) is 10.5 Å². The fraction of sp³-hybridized carbons (Fsp3) is 0.481. The van der Waals surface area contributed by atoms with Crippen molar-refractivity contribution in [1.29, 1.82) is 0 Å². The van der Waals surface area contributed by atoms with E-state index < -0.39 is 24.1 Å². The summed E-state index contributed by atoms with van der Waals surface area (Å²) < 4.78 is 6.27. The Kier molecular flexibility index (Phi) is 9.66. The van der Waals surface area contributed by atoms with Crippen LogP contribution in [0.5, 0.6) is 0 Å². The second-order valence-corrected chi connectivity index (χ2v) is 10.7. The van der Waals surface area contributed by atoms with Crippen molar-refractivity contribution in [3.63, 3.8) is 0 Å². The Morgan fingerprint density at radius 3 is 2.58 bits per heavy atom. The number of aromatic nitrogens is 1. The Morgan fingerprint density at radius 1 is 1.08 bits per heavy atom. The monoisotopic (exact) mass is 544 g/mol. The zero-order valence-corrected chi connectivity index (χ0v) is 22.2. The number of rotatable bonds is 11. The third-order valence-electron chi connectivity index (χ3n) is 6.56. The number of nitrogens with one attached hydrogen (secondary N) is 3. The van der Waals surface area contributed by atoms with Crippen molar-refractivity contribution in [2.45, 2.75) is 56.7 Å². The van der Waals surface area contributed by atoms with E-state index in [1.54, 1.807) is 11.3 Å². The van der Waals surface area contributed by atoms with Crippen LogP contribution in [-0.2, 0) is 4.74 Å². The third kappa shape index (κ3) is 7.26. The molecule has 7 N–H and O–H groups in total. The van der Waals surface area contributed by atoms with E-state index in [4.69, 9.17) is 9.72 Å². The maximum Gasteiger partial charge on any atom is 0.319 e. The van der Waals surface area contributed by atoms with E-state index in [1.807, 2.05) is 30.3 Å². The Bertz CT molecular complexity index is 1210. The van der Waals surface area contributed by atoms with Crippen LogP contribution >= 0.6 is 11.3 Å².